The number of ether oxygens (including phenoxy) is 1. The maximum absolute atomic E-state index is 14.0. The van der Waals surface area contributed by atoms with Gasteiger partial charge in [-0.25, -0.2) is 9.07 Å². The van der Waals surface area contributed by atoms with Crippen LogP contribution < -0.4 is 0 Å². The molecule has 0 aliphatic heterocycles. The van der Waals surface area contributed by atoms with E-state index in [-0.39, 0.29) is 22.4 Å². The second-order valence-electron chi connectivity index (χ2n) is 7.37. The van der Waals surface area contributed by atoms with E-state index in [1.165, 1.54) is 10.7 Å². The van der Waals surface area contributed by atoms with Crippen molar-refractivity contribution in [3.8, 4) is 0 Å². The summed E-state index contributed by atoms with van der Waals surface area (Å²) in [4.78, 5) is 24.4. The van der Waals surface area contributed by atoms with Gasteiger partial charge in [-0.2, -0.15) is 5.10 Å². The van der Waals surface area contributed by atoms with Crippen molar-refractivity contribution in [1.82, 2.24) is 9.78 Å². The molecule has 1 atom stereocenters. The molecule has 0 spiro atoms. The van der Waals surface area contributed by atoms with Crippen molar-refractivity contribution in [2.75, 3.05) is 14.2 Å². The smallest absolute Gasteiger partial charge is 0.280 e. The third kappa shape index (κ3) is 4.98. The Labute approximate surface area is 182 Å². The molecule has 0 radical (unpaired) electrons. The fourth-order valence-corrected chi connectivity index (χ4v) is 3.98. The molecule has 164 valence electrons. The van der Waals surface area contributed by atoms with Crippen molar-refractivity contribution in [3.05, 3.63) is 51.1 Å². The minimum Gasteiger partial charge on any atom is -0.388 e. The minimum absolute atomic E-state index is 0.110. The van der Waals surface area contributed by atoms with Gasteiger partial charge in [0.25, 0.3) is 5.91 Å². The summed E-state index contributed by atoms with van der Waals surface area (Å²) < 4.78 is 19.6. The number of carbonyl (C=O) groups excluding carboxylic acids is 2. The Hall–Kier alpha value is -2.05. The van der Waals surface area contributed by atoms with E-state index < -0.39 is 11.7 Å². The lowest BCUT2D eigenvalue weighted by atomic mass is 9.87. The van der Waals surface area contributed by atoms with Crippen molar-refractivity contribution in [3.63, 3.8) is 0 Å². The van der Waals surface area contributed by atoms with Crippen LogP contribution in [0.3, 0.4) is 0 Å². The molecule has 1 unspecified atom stereocenters. The molecule has 1 saturated carbocycles. The normalized spacial score (nSPS) is 17.1. The molecular weight excluding hydrogens is 407 g/mol. The zero-order chi connectivity index (χ0) is 22.4. The first-order chi connectivity index (χ1) is 14.4. The van der Waals surface area contributed by atoms with Crippen molar-refractivity contribution >= 4 is 23.8 Å². The molecule has 0 bridgehead atoms. The van der Waals surface area contributed by atoms with Crippen LogP contribution in [0.2, 0.25) is 5.02 Å². The van der Waals surface area contributed by atoms with Crippen LogP contribution in [0.4, 0.5) is 4.39 Å². The lowest BCUT2D eigenvalue weighted by Gasteiger charge is -2.19. The van der Waals surface area contributed by atoms with Gasteiger partial charge in [0.05, 0.1) is 22.0 Å². The number of hydrogen-bond donors (Lipinski definition) is 0. The maximum Gasteiger partial charge on any atom is 0.280 e. The summed E-state index contributed by atoms with van der Waals surface area (Å²) in [5.74, 6) is -0.853. The van der Waals surface area contributed by atoms with E-state index in [1.807, 2.05) is 20.8 Å². The SMILES string of the molecule is CC.COC.Cc1nn(C(=O)c2c(C3CC3)ccc(F)c2Cl)c2c1CCC(C=O)C2. The fraction of sp³-hybridized carbons (Fsp3) is 0.522. The van der Waals surface area contributed by atoms with Crippen LogP contribution in [0, 0.1) is 18.7 Å². The maximum atomic E-state index is 14.0. The van der Waals surface area contributed by atoms with E-state index in [4.69, 9.17) is 11.6 Å². The Bertz CT molecular complexity index is 906. The van der Waals surface area contributed by atoms with Gasteiger partial charge in [-0.05, 0) is 62.1 Å². The summed E-state index contributed by atoms with van der Waals surface area (Å²) in [6.45, 7) is 5.86. The lowest BCUT2D eigenvalue weighted by molar-refractivity contribution is -0.111. The topological polar surface area (TPSA) is 61.2 Å². The molecule has 5 nitrogen and oxygen atoms in total. The van der Waals surface area contributed by atoms with Gasteiger partial charge in [0.15, 0.2) is 0 Å². The Kier molecular flexibility index (Phi) is 8.74. The zero-order valence-electron chi connectivity index (χ0n) is 18.3. The van der Waals surface area contributed by atoms with Crippen molar-refractivity contribution in [1.29, 1.82) is 0 Å². The Morgan fingerprint density at radius 3 is 2.47 bits per heavy atom. The van der Waals surface area contributed by atoms with Gasteiger partial charge in [0.1, 0.15) is 12.1 Å². The highest BCUT2D eigenvalue weighted by Crippen LogP contribution is 2.44. The van der Waals surface area contributed by atoms with Gasteiger partial charge >= 0.3 is 0 Å². The summed E-state index contributed by atoms with van der Waals surface area (Å²) in [5, 5.41) is 4.26. The number of fused-ring (bicyclic) bond motifs is 1. The minimum atomic E-state index is -0.599. The number of aromatic nitrogens is 2. The number of rotatable bonds is 3. The summed E-state index contributed by atoms with van der Waals surface area (Å²) in [6.07, 6.45) is 4.87. The number of aryl methyl sites for hydroxylation is 1. The number of halogens is 2. The first-order valence-electron chi connectivity index (χ1n) is 10.4. The average molecular weight is 437 g/mol. The summed E-state index contributed by atoms with van der Waals surface area (Å²) >= 11 is 6.17. The molecule has 7 heteroatoms. The molecule has 2 aromatic rings. The van der Waals surface area contributed by atoms with E-state index in [2.05, 4.69) is 9.84 Å². The number of nitrogens with zero attached hydrogens (tertiary/aromatic N) is 2. The summed E-state index contributed by atoms with van der Waals surface area (Å²) in [6, 6.07) is 2.97. The largest absolute Gasteiger partial charge is 0.388 e. The standard InChI is InChI=1S/C19H18ClFN2O2.C2H6O.C2H6/c1-10-13-5-2-11(9-24)8-16(13)23(22-10)19(25)17-14(12-3-4-12)6-7-15(21)18(17)20;1-3-2;1-2/h6-7,9,11-12H,2-5,8H2,1H3;1-2H3;1-2H3. The van der Waals surface area contributed by atoms with Crippen LogP contribution >= 0.6 is 11.6 Å². The first-order valence-corrected chi connectivity index (χ1v) is 10.8. The molecule has 4 rings (SSSR count). The van der Waals surface area contributed by atoms with Crippen LogP contribution in [0.5, 0.6) is 0 Å². The van der Waals surface area contributed by atoms with Gasteiger partial charge in [-0.1, -0.05) is 31.5 Å². The Balaban J connectivity index is 0.000000590. The van der Waals surface area contributed by atoms with Crippen LogP contribution in [0.1, 0.15) is 71.9 Å². The molecule has 30 heavy (non-hydrogen) atoms. The molecular formula is C23H30ClFN2O3. The monoisotopic (exact) mass is 436 g/mol. The van der Waals surface area contributed by atoms with E-state index in [0.29, 0.717) is 6.42 Å². The van der Waals surface area contributed by atoms with E-state index in [0.717, 1.165) is 54.5 Å². The molecule has 1 heterocycles. The number of carbonyl (C=O) groups is 2. The average Bonchev–Trinajstić information content (AvgIpc) is 3.55. The predicted octanol–water partition coefficient (Wildman–Crippen LogP) is 5.14. The highest BCUT2D eigenvalue weighted by Gasteiger charge is 2.34. The molecule has 1 fully saturated rings. The zero-order valence-corrected chi connectivity index (χ0v) is 19.1. The van der Waals surface area contributed by atoms with E-state index in [9.17, 15) is 14.0 Å². The highest BCUT2D eigenvalue weighted by atomic mass is 35.5. The second kappa shape index (κ2) is 10.8. The lowest BCUT2D eigenvalue weighted by Crippen LogP contribution is -2.23. The van der Waals surface area contributed by atoms with Crippen molar-refractivity contribution in [2.45, 2.75) is 58.8 Å². The Morgan fingerprint density at radius 1 is 1.27 bits per heavy atom. The van der Waals surface area contributed by atoms with Crippen LogP contribution in [-0.2, 0) is 22.4 Å². The first kappa shape index (κ1) is 24.2. The molecule has 0 saturated heterocycles. The number of benzene rings is 1. The van der Waals surface area contributed by atoms with Gasteiger partial charge in [-0.15, -0.1) is 0 Å². The van der Waals surface area contributed by atoms with E-state index in [1.54, 1.807) is 20.3 Å². The highest BCUT2D eigenvalue weighted by molar-refractivity contribution is 6.34. The fourth-order valence-electron chi connectivity index (χ4n) is 3.73. The number of aldehydes is 1. The van der Waals surface area contributed by atoms with Crippen molar-refractivity contribution < 1.29 is 18.7 Å². The van der Waals surface area contributed by atoms with E-state index >= 15 is 0 Å². The summed E-state index contributed by atoms with van der Waals surface area (Å²) in [5.41, 5.74) is 3.57. The van der Waals surface area contributed by atoms with Gasteiger partial charge in [0.2, 0.25) is 0 Å². The molecule has 2 aliphatic carbocycles. The molecule has 2 aliphatic rings. The predicted molar refractivity (Wildman–Crippen MR) is 116 cm³/mol. The third-order valence-corrected chi connectivity index (χ3v) is 5.62. The molecule has 0 amide bonds. The van der Waals surface area contributed by atoms with Crippen LogP contribution in [0.15, 0.2) is 12.1 Å². The number of methoxy groups -OCH3 is 1. The second-order valence-corrected chi connectivity index (χ2v) is 7.75. The third-order valence-electron chi connectivity index (χ3n) is 5.25. The number of hydrogen-bond acceptors (Lipinski definition) is 4. The summed E-state index contributed by atoms with van der Waals surface area (Å²) in [7, 11) is 3.25. The van der Waals surface area contributed by atoms with Crippen LogP contribution in [0.25, 0.3) is 0 Å². The van der Waals surface area contributed by atoms with Crippen LogP contribution in [-0.4, -0.2) is 36.2 Å². The van der Waals surface area contributed by atoms with Gasteiger partial charge < -0.3 is 9.53 Å². The van der Waals surface area contributed by atoms with Gasteiger partial charge in [-0.3, -0.25) is 4.79 Å². The molecule has 0 N–H and O–H groups in total. The Morgan fingerprint density at radius 2 is 1.90 bits per heavy atom. The van der Waals surface area contributed by atoms with Gasteiger partial charge in [0, 0.05) is 20.1 Å². The molecule has 1 aromatic heterocycles. The van der Waals surface area contributed by atoms with Crippen molar-refractivity contribution in [2.24, 2.45) is 5.92 Å². The molecule has 1 aromatic carbocycles. The quantitative estimate of drug-likeness (QED) is 0.625.